The molecule has 10 heteroatoms. The number of hydrogen-bond donors (Lipinski definition) is 2. The number of anilines is 4. The Kier molecular flexibility index (Phi) is 5.04. The number of nitrogens with zero attached hydrogens (tertiary/aromatic N) is 2. The molecule has 2 N–H and O–H groups in total. The van der Waals surface area contributed by atoms with Gasteiger partial charge in [-0.25, -0.2) is 14.2 Å². The van der Waals surface area contributed by atoms with E-state index < -0.39 is 11.8 Å². The number of methoxy groups -OCH3 is 1. The highest BCUT2D eigenvalue weighted by Gasteiger charge is 2.15. The fraction of sp³-hybridized carbons (Fsp3) is 0.136. The maximum atomic E-state index is 14.4. The molecule has 1 aliphatic rings. The Morgan fingerprint density at radius 1 is 1.12 bits per heavy atom. The summed E-state index contributed by atoms with van der Waals surface area (Å²) in [6.45, 7) is 0.504. The van der Waals surface area contributed by atoms with Crippen LogP contribution in [0.2, 0.25) is 0 Å². The zero-order chi connectivity index (χ0) is 22.1. The van der Waals surface area contributed by atoms with E-state index in [2.05, 4.69) is 25.3 Å². The summed E-state index contributed by atoms with van der Waals surface area (Å²) in [6, 6.07) is 12.2. The molecule has 0 saturated heterocycles. The highest BCUT2D eigenvalue weighted by atomic mass is 19.1. The highest BCUT2D eigenvalue weighted by Crippen LogP contribution is 2.29. The lowest BCUT2D eigenvalue weighted by molar-refractivity contribution is -0.215. The van der Waals surface area contributed by atoms with E-state index in [1.807, 2.05) is 12.1 Å². The molecule has 0 bridgehead atoms. The number of ether oxygens (including phenoxy) is 1. The van der Waals surface area contributed by atoms with E-state index >= 15 is 0 Å². The van der Waals surface area contributed by atoms with Gasteiger partial charge in [-0.2, -0.15) is 9.87 Å². The molecule has 4 aromatic rings. The number of fused-ring (bicyclic) bond motifs is 2. The second-order valence-electron chi connectivity index (χ2n) is 6.97. The second kappa shape index (κ2) is 8.16. The minimum atomic E-state index is -0.625. The molecule has 162 valence electrons. The Balaban J connectivity index is 1.37. The molecule has 0 radical (unpaired) electrons. The molecule has 32 heavy (non-hydrogen) atoms. The van der Waals surface area contributed by atoms with Gasteiger partial charge in [-0.1, -0.05) is 6.07 Å². The van der Waals surface area contributed by atoms with Crippen LogP contribution in [-0.4, -0.2) is 29.7 Å². The quantitative estimate of drug-likeness (QED) is 0.345. The van der Waals surface area contributed by atoms with Gasteiger partial charge in [-0.3, -0.25) is 0 Å². The van der Waals surface area contributed by atoms with Gasteiger partial charge in [0.15, 0.2) is 17.4 Å². The highest BCUT2D eigenvalue weighted by molar-refractivity contribution is 5.93. The van der Waals surface area contributed by atoms with E-state index in [1.54, 1.807) is 30.3 Å². The van der Waals surface area contributed by atoms with Gasteiger partial charge in [-0.15, -0.1) is 0 Å². The SMILES string of the molecule is COC(=O)c1cc2cc(Nc3nc(Nc4ccc5c(c4)OOCC5)ncc3F)ccc2o1. The molecule has 0 atom stereocenters. The lowest BCUT2D eigenvalue weighted by atomic mass is 10.1. The van der Waals surface area contributed by atoms with Crippen molar-refractivity contribution in [1.29, 1.82) is 0 Å². The van der Waals surface area contributed by atoms with Crippen LogP contribution in [0.4, 0.5) is 27.5 Å². The summed E-state index contributed by atoms with van der Waals surface area (Å²) in [5.41, 5.74) is 2.76. The number of carbonyl (C=O) groups excluding carboxylic acids is 1. The molecule has 2 aromatic carbocycles. The predicted molar refractivity (Wildman–Crippen MR) is 113 cm³/mol. The number of aromatic nitrogens is 2. The molecule has 0 amide bonds. The number of furan rings is 1. The summed E-state index contributed by atoms with van der Waals surface area (Å²) in [5.74, 6) is -0.327. The van der Waals surface area contributed by atoms with Crippen LogP contribution >= 0.6 is 0 Å². The monoisotopic (exact) mass is 436 g/mol. The third-order valence-electron chi connectivity index (χ3n) is 4.84. The smallest absolute Gasteiger partial charge is 0.373 e. The number of hydrogen-bond acceptors (Lipinski definition) is 9. The van der Waals surface area contributed by atoms with Gasteiger partial charge in [0.2, 0.25) is 11.7 Å². The molecular formula is C22H17FN4O5. The number of rotatable bonds is 5. The van der Waals surface area contributed by atoms with Crippen molar-refractivity contribution in [3.63, 3.8) is 0 Å². The van der Waals surface area contributed by atoms with E-state index in [9.17, 15) is 9.18 Å². The second-order valence-corrected chi connectivity index (χ2v) is 6.97. The fourth-order valence-electron chi connectivity index (χ4n) is 3.28. The summed E-state index contributed by atoms with van der Waals surface area (Å²) >= 11 is 0. The third-order valence-corrected chi connectivity index (χ3v) is 4.84. The molecule has 0 saturated carbocycles. The maximum absolute atomic E-state index is 14.4. The summed E-state index contributed by atoms with van der Waals surface area (Å²) in [5, 5.41) is 6.61. The lowest BCUT2D eigenvalue weighted by Gasteiger charge is -2.16. The van der Waals surface area contributed by atoms with E-state index in [-0.39, 0.29) is 17.5 Å². The summed E-state index contributed by atoms with van der Waals surface area (Å²) in [6.07, 6.45) is 1.83. The van der Waals surface area contributed by atoms with Gasteiger partial charge in [0.05, 0.1) is 19.9 Å². The van der Waals surface area contributed by atoms with E-state index in [4.69, 9.17) is 14.2 Å². The zero-order valence-corrected chi connectivity index (χ0v) is 16.8. The van der Waals surface area contributed by atoms with Crippen LogP contribution in [0.5, 0.6) is 5.75 Å². The number of benzene rings is 2. The first kappa shape index (κ1) is 19.8. The Morgan fingerprint density at radius 2 is 1.97 bits per heavy atom. The lowest BCUT2D eigenvalue weighted by Crippen LogP contribution is -2.11. The molecule has 3 heterocycles. The Hall–Kier alpha value is -4.18. The number of esters is 1. The van der Waals surface area contributed by atoms with Gasteiger partial charge in [0, 0.05) is 34.8 Å². The Morgan fingerprint density at radius 3 is 2.84 bits per heavy atom. The van der Waals surface area contributed by atoms with Gasteiger partial charge >= 0.3 is 5.97 Å². The van der Waals surface area contributed by atoms with Crippen LogP contribution in [0.1, 0.15) is 16.1 Å². The topological polar surface area (TPSA) is 108 Å². The van der Waals surface area contributed by atoms with Gasteiger partial charge in [0.1, 0.15) is 5.58 Å². The maximum Gasteiger partial charge on any atom is 0.373 e. The van der Waals surface area contributed by atoms with Crippen molar-refractivity contribution in [3.8, 4) is 5.75 Å². The van der Waals surface area contributed by atoms with Crippen LogP contribution in [-0.2, 0) is 16.0 Å². The minimum absolute atomic E-state index is 0.0175. The molecule has 2 aromatic heterocycles. The summed E-state index contributed by atoms with van der Waals surface area (Å²) in [4.78, 5) is 30.1. The molecule has 5 rings (SSSR count). The van der Waals surface area contributed by atoms with Crippen LogP contribution in [0.15, 0.2) is 53.1 Å². The fourth-order valence-corrected chi connectivity index (χ4v) is 3.28. The molecule has 0 fully saturated rings. The number of halogens is 1. The molecular weight excluding hydrogens is 419 g/mol. The molecule has 0 aliphatic carbocycles. The molecule has 1 aliphatic heterocycles. The van der Waals surface area contributed by atoms with Crippen molar-refractivity contribution < 1.29 is 28.1 Å². The normalized spacial score (nSPS) is 12.7. The third kappa shape index (κ3) is 3.91. The predicted octanol–water partition coefficient (Wildman–Crippen LogP) is 4.50. The summed E-state index contributed by atoms with van der Waals surface area (Å²) < 4.78 is 24.5. The van der Waals surface area contributed by atoms with Crippen LogP contribution in [0.25, 0.3) is 11.0 Å². The van der Waals surface area contributed by atoms with Crippen molar-refractivity contribution in [2.45, 2.75) is 6.42 Å². The number of carbonyl (C=O) groups is 1. The van der Waals surface area contributed by atoms with Crippen molar-refractivity contribution in [3.05, 3.63) is 65.8 Å². The first-order valence-corrected chi connectivity index (χ1v) is 9.70. The molecule has 9 nitrogen and oxygen atoms in total. The van der Waals surface area contributed by atoms with Crippen LogP contribution in [0.3, 0.4) is 0 Å². The van der Waals surface area contributed by atoms with Crippen molar-refractivity contribution >= 4 is 40.1 Å². The van der Waals surface area contributed by atoms with Gasteiger partial charge in [0.25, 0.3) is 0 Å². The molecule has 0 spiro atoms. The average Bonchev–Trinajstić information content (AvgIpc) is 3.24. The first-order chi connectivity index (χ1) is 15.6. The van der Waals surface area contributed by atoms with Crippen molar-refractivity contribution in [2.24, 2.45) is 0 Å². The zero-order valence-electron chi connectivity index (χ0n) is 16.8. The Bertz CT molecular complexity index is 1320. The summed E-state index contributed by atoms with van der Waals surface area (Å²) in [7, 11) is 1.27. The van der Waals surface area contributed by atoms with Crippen molar-refractivity contribution in [2.75, 3.05) is 24.4 Å². The number of nitrogens with one attached hydrogen (secondary N) is 2. The van der Waals surface area contributed by atoms with E-state index in [0.717, 1.165) is 18.2 Å². The van der Waals surface area contributed by atoms with Crippen LogP contribution in [0, 0.1) is 5.82 Å². The molecule has 0 unspecified atom stereocenters. The largest absolute Gasteiger partial charge is 0.463 e. The van der Waals surface area contributed by atoms with Gasteiger partial charge in [-0.05, 0) is 30.3 Å². The Labute approximate surface area is 181 Å². The van der Waals surface area contributed by atoms with E-state index in [0.29, 0.717) is 34.7 Å². The minimum Gasteiger partial charge on any atom is -0.463 e. The van der Waals surface area contributed by atoms with Gasteiger partial charge < -0.3 is 24.7 Å². The van der Waals surface area contributed by atoms with E-state index in [1.165, 1.54) is 7.11 Å². The standard InChI is InChI=1S/C22H17FN4O5/c1-29-21(28)19-9-13-8-14(4-5-17(13)31-19)25-20-16(23)11-24-22(27-20)26-15-3-2-12-6-7-30-32-18(12)10-15/h2-5,8-11H,6-7H2,1H3,(H2,24,25,26,27). The van der Waals surface area contributed by atoms with Crippen LogP contribution < -0.4 is 15.5 Å². The van der Waals surface area contributed by atoms with Crippen molar-refractivity contribution in [1.82, 2.24) is 9.97 Å². The average molecular weight is 436 g/mol. The first-order valence-electron chi connectivity index (χ1n) is 9.70.